The largest absolute Gasteiger partial charge is 0.453 e. The Kier molecular flexibility index (Phi) is 4.46. The van der Waals surface area contributed by atoms with E-state index in [1.54, 1.807) is 6.08 Å². The van der Waals surface area contributed by atoms with Crippen molar-refractivity contribution in [3.63, 3.8) is 0 Å². The molecule has 0 amide bonds. The van der Waals surface area contributed by atoms with Gasteiger partial charge in [0.25, 0.3) is 0 Å². The second-order valence-corrected chi connectivity index (χ2v) is 9.97. The first-order valence-corrected chi connectivity index (χ1v) is 9.93. The van der Waals surface area contributed by atoms with E-state index in [0.717, 1.165) is 25.7 Å². The smallest absolute Gasteiger partial charge is 0.303 e. The van der Waals surface area contributed by atoms with E-state index >= 15 is 0 Å². The minimum Gasteiger partial charge on any atom is -0.453 e. The van der Waals surface area contributed by atoms with Crippen molar-refractivity contribution in [2.24, 2.45) is 22.7 Å². The molecule has 2 aliphatic carbocycles. The molecule has 3 aliphatic rings. The third kappa shape index (κ3) is 2.67. The first kappa shape index (κ1) is 19.6. The molecular formula is C22H34O4. The lowest BCUT2D eigenvalue weighted by Gasteiger charge is -2.58. The van der Waals surface area contributed by atoms with Crippen LogP contribution in [0, 0.1) is 22.7 Å². The summed E-state index contributed by atoms with van der Waals surface area (Å²) < 4.78 is 12.1. The van der Waals surface area contributed by atoms with Crippen LogP contribution in [-0.2, 0) is 19.1 Å². The van der Waals surface area contributed by atoms with Gasteiger partial charge in [-0.25, -0.2) is 0 Å². The molecule has 0 aromatic carbocycles. The fourth-order valence-electron chi connectivity index (χ4n) is 6.37. The minimum absolute atomic E-state index is 0.139. The van der Waals surface area contributed by atoms with E-state index in [1.807, 2.05) is 6.92 Å². The maximum Gasteiger partial charge on any atom is 0.303 e. The van der Waals surface area contributed by atoms with Crippen molar-refractivity contribution >= 4 is 11.8 Å². The highest BCUT2D eigenvalue weighted by atomic mass is 16.6. The number of carbonyl (C=O) groups is 2. The molecule has 6 atom stereocenters. The second-order valence-electron chi connectivity index (χ2n) is 9.97. The molecule has 0 aromatic rings. The van der Waals surface area contributed by atoms with Gasteiger partial charge in [-0.15, -0.1) is 0 Å². The van der Waals surface area contributed by atoms with Crippen molar-refractivity contribution in [2.45, 2.75) is 91.0 Å². The van der Waals surface area contributed by atoms with Crippen LogP contribution in [0.1, 0.15) is 73.6 Å². The Labute approximate surface area is 157 Å². The maximum absolute atomic E-state index is 13.2. The van der Waals surface area contributed by atoms with Crippen LogP contribution in [0.2, 0.25) is 0 Å². The van der Waals surface area contributed by atoms with E-state index in [0.29, 0.717) is 18.1 Å². The highest BCUT2D eigenvalue weighted by Crippen LogP contribution is 2.65. The summed E-state index contributed by atoms with van der Waals surface area (Å²) in [5.41, 5.74) is -1.43. The molecule has 1 heterocycles. The minimum atomic E-state index is -0.870. The number of hydrogen-bond donors (Lipinski definition) is 0. The van der Waals surface area contributed by atoms with Crippen LogP contribution in [-0.4, -0.2) is 29.1 Å². The van der Waals surface area contributed by atoms with Gasteiger partial charge in [-0.05, 0) is 56.9 Å². The summed E-state index contributed by atoms with van der Waals surface area (Å²) in [6, 6.07) is 0. The average Bonchev–Trinajstić information content (AvgIpc) is 2.90. The third-order valence-corrected chi connectivity index (χ3v) is 7.92. The Morgan fingerprint density at radius 2 is 1.92 bits per heavy atom. The highest BCUT2D eigenvalue weighted by molar-refractivity contribution is 5.86. The first-order chi connectivity index (χ1) is 11.9. The number of Topliss-reactive ketones (excluding diaryl/α,β-unsaturated/α-hetero) is 1. The Morgan fingerprint density at radius 3 is 2.50 bits per heavy atom. The molecule has 2 saturated carbocycles. The molecule has 0 unspecified atom stereocenters. The van der Waals surface area contributed by atoms with Gasteiger partial charge < -0.3 is 9.47 Å². The van der Waals surface area contributed by atoms with Crippen molar-refractivity contribution in [1.82, 2.24) is 0 Å². The summed E-state index contributed by atoms with van der Waals surface area (Å²) in [5.74, 6) is 0.561. The zero-order valence-electron chi connectivity index (χ0n) is 17.2. The quantitative estimate of drug-likeness (QED) is 0.549. The van der Waals surface area contributed by atoms with Gasteiger partial charge in [0.15, 0.2) is 5.60 Å². The predicted octanol–water partition coefficient (Wildman–Crippen LogP) is 4.46. The molecule has 0 N–H and O–H groups in total. The molecule has 146 valence electrons. The molecule has 1 saturated heterocycles. The lowest BCUT2D eigenvalue weighted by molar-refractivity contribution is -0.185. The van der Waals surface area contributed by atoms with Crippen LogP contribution < -0.4 is 0 Å². The van der Waals surface area contributed by atoms with Crippen molar-refractivity contribution in [3.05, 3.63) is 12.7 Å². The number of esters is 1. The van der Waals surface area contributed by atoms with Gasteiger partial charge in [0.2, 0.25) is 0 Å². The Balaban J connectivity index is 1.98. The van der Waals surface area contributed by atoms with Crippen LogP contribution in [0.25, 0.3) is 0 Å². The van der Waals surface area contributed by atoms with Gasteiger partial charge in [0, 0.05) is 24.7 Å². The lowest BCUT2D eigenvalue weighted by Crippen LogP contribution is -2.59. The van der Waals surface area contributed by atoms with Gasteiger partial charge in [-0.2, -0.15) is 0 Å². The van der Waals surface area contributed by atoms with E-state index < -0.39 is 5.60 Å². The van der Waals surface area contributed by atoms with Crippen molar-refractivity contribution in [3.8, 4) is 0 Å². The van der Waals surface area contributed by atoms with Crippen LogP contribution in [0.5, 0.6) is 0 Å². The summed E-state index contributed by atoms with van der Waals surface area (Å²) >= 11 is 0. The molecule has 4 heteroatoms. The third-order valence-electron chi connectivity index (χ3n) is 7.92. The van der Waals surface area contributed by atoms with E-state index in [9.17, 15) is 9.59 Å². The fourth-order valence-corrected chi connectivity index (χ4v) is 6.37. The molecule has 0 bridgehead atoms. The number of hydrogen-bond acceptors (Lipinski definition) is 4. The fraction of sp³-hybridized carbons (Fsp3) is 0.818. The number of carbonyl (C=O) groups excluding carboxylic acids is 2. The first-order valence-electron chi connectivity index (χ1n) is 9.93. The van der Waals surface area contributed by atoms with Gasteiger partial charge in [0.05, 0.1) is 5.60 Å². The Morgan fingerprint density at radius 1 is 1.27 bits per heavy atom. The zero-order chi connectivity index (χ0) is 19.5. The summed E-state index contributed by atoms with van der Waals surface area (Å²) in [5, 5.41) is 0. The normalized spacial score (nSPS) is 43.8. The summed E-state index contributed by atoms with van der Waals surface area (Å²) in [6.45, 7) is 16.1. The highest BCUT2D eigenvalue weighted by Gasteiger charge is 2.66. The molecule has 4 nitrogen and oxygen atoms in total. The van der Waals surface area contributed by atoms with Gasteiger partial charge >= 0.3 is 5.97 Å². The van der Waals surface area contributed by atoms with Crippen molar-refractivity contribution < 1.29 is 19.1 Å². The zero-order valence-corrected chi connectivity index (χ0v) is 17.2. The van der Waals surface area contributed by atoms with E-state index in [-0.39, 0.29) is 34.4 Å². The van der Waals surface area contributed by atoms with E-state index in [4.69, 9.17) is 9.47 Å². The van der Waals surface area contributed by atoms with Crippen molar-refractivity contribution in [2.75, 3.05) is 0 Å². The molecule has 3 fully saturated rings. The van der Waals surface area contributed by atoms with E-state index in [2.05, 4.69) is 34.3 Å². The summed E-state index contributed by atoms with van der Waals surface area (Å²) in [6.07, 6.45) is 5.70. The van der Waals surface area contributed by atoms with Crippen LogP contribution >= 0.6 is 0 Å². The standard InChI is InChI=1S/C22H34O4/c1-8-20(5,25-14(2)23)18-13-16-21(6,26-18)12-9-15-19(3,4)11-10-17(24)22(15,16)7/h8,15-16,18H,1,9-13H2,2-7H3/t15-,16-,18-,20+,21+,22-/m0/s1. The number of ether oxygens (including phenoxy) is 2. The van der Waals surface area contributed by atoms with E-state index in [1.165, 1.54) is 6.92 Å². The number of ketones is 1. The molecule has 3 rings (SSSR count). The molecule has 26 heavy (non-hydrogen) atoms. The monoisotopic (exact) mass is 362 g/mol. The molecule has 0 radical (unpaired) electrons. The second kappa shape index (κ2) is 5.92. The van der Waals surface area contributed by atoms with Crippen LogP contribution in [0.4, 0.5) is 0 Å². The molecular weight excluding hydrogens is 328 g/mol. The Bertz CT molecular complexity index is 638. The molecule has 0 spiro atoms. The summed E-state index contributed by atoms with van der Waals surface area (Å²) in [4.78, 5) is 24.8. The van der Waals surface area contributed by atoms with Crippen LogP contribution in [0.3, 0.4) is 0 Å². The number of rotatable bonds is 3. The molecule has 1 aliphatic heterocycles. The van der Waals surface area contributed by atoms with Crippen LogP contribution in [0.15, 0.2) is 12.7 Å². The van der Waals surface area contributed by atoms with Gasteiger partial charge in [-0.3, -0.25) is 9.59 Å². The lowest BCUT2D eigenvalue weighted by atomic mass is 9.45. The molecule has 0 aromatic heterocycles. The van der Waals surface area contributed by atoms with Crippen molar-refractivity contribution in [1.29, 1.82) is 0 Å². The number of fused-ring (bicyclic) bond motifs is 3. The Hall–Kier alpha value is -1.16. The van der Waals surface area contributed by atoms with Gasteiger partial charge in [0.1, 0.15) is 11.9 Å². The predicted molar refractivity (Wildman–Crippen MR) is 101 cm³/mol. The maximum atomic E-state index is 13.2. The average molecular weight is 363 g/mol. The topological polar surface area (TPSA) is 52.6 Å². The van der Waals surface area contributed by atoms with Gasteiger partial charge in [-0.1, -0.05) is 27.4 Å². The summed E-state index contributed by atoms with van der Waals surface area (Å²) in [7, 11) is 0. The SMILES string of the molecule is C=C[C@@](C)(OC(C)=O)[C@@H]1C[C@@H]2[C@@]3(C)C(=O)CCC(C)(C)[C@@H]3CC[C@@]2(C)O1.